The van der Waals surface area contributed by atoms with Crippen LogP contribution < -0.4 is 5.56 Å². The standard InChI is InChI=1S/C23H23F2N3O/c1-15-11-18(24)12-21-20(15)13-19(27-23(21)29)3-2-8-28-9-6-16(7-10-28)17-4-5-22(25)26-14-17/h4-6,11-14H,2-3,7-10H2,1H3,(H,27,29). The third-order valence-electron chi connectivity index (χ3n) is 5.50. The topological polar surface area (TPSA) is 49.0 Å². The normalized spacial score (nSPS) is 14.9. The molecule has 0 spiro atoms. The molecule has 4 rings (SSSR count). The minimum absolute atomic E-state index is 0.237. The summed E-state index contributed by atoms with van der Waals surface area (Å²) in [5, 5.41) is 1.21. The number of rotatable bonds is 5. The summed E-state index contributed by atoms with van der Waals surface area (Å²) in [4.78, 5) is 21.3. The summed E-state index contributed by atoms with van der Waals surface area (Å²) in [5.41, 5.74) is 3.60. The maximum Gasteiger partial charge on any atom is 0.256 e. The van der Waals surface area contributed by atoms with Crippen LogP contribution in [0.4, 0.5) is 8.78 Å². The lowest BCUT2D eigenvalue weighted by atomic mass is 10.0. The lowest BCUT2D eigenvalue weighted by molar-refractivity contribution is 0.297. The van der Waals surface area contributed by atoms with Crippen LogP contribution in [0.3, 0.4) is 0 Å². The molecule has 0 amide bonds. The highest BCUT2D eigenvalue weighted by atomic mass is 19.1. The molecule has 3 heterocycles. The summed E-state index contributed by atoms with van der Waals surface area (Å²) in [5.74, 6) is -0.846. The van der Waals surface area contributed by atoms with E-state index < -0.39 is 5.95 Å². The van der Waals surface area contributed by atoms with Crippen LogP contribution in [0.2, 0.25) is 0 Å². The zero-order valence-electron chi connectivity index (χ0n) is 16.3. The predicted molar refractivity (Wildman–Crippen MR) is 111 cm³/mol. The zero-order valence-corrected chi connectivity index (χ0v) is 16.3. The minimum atomic E-state index is -0.459. The van der Waals surface area contributed by atoms with E-state index in [4.69, 9.17) is 0 Å². The fourth-order valence-electron chi connectivity index (χ4n) is 3.93. The first-order valence-electron chi connectivity index (χ1n) is 9.85. The van der Waals surface area contributed by atoms with E-state index in [0.29, 0.717) is 5.39 Å². The van der Waals surface area contributed by atoms with Gasteiger partial charge in [0.1, 0.15) is 5.82 Å². The summed E-state index contributed by atoms with van der Waals surface area (Å²) in [7, 11) is 0. The molecule has 150 valence electrons. The van der Waals surface area contributed by atoms with Gasteiger partial charge in [-0.15, -0.1) is 0 Å². The molecule has 1 aliphatic rings. The second-order valence-corrected chi connectivity index (χ2v) is 7.56. The molecule has 29 heavy (non-hydrogen) atoms. The van der Waals surface area contributed by atoms with E-state index in [0.717, 1.165) is 61.1 Å². The molecule has 0 saturated heterocycles. The largest absolute Gasteiger partial charge is 0.326 e. The van der Waals surface area contributed by atoms with Crippen LogP contribution in [0.5, 0.6) is 0 Å². The van der Waals surface area contributed by atoms with Gasteiger partial charge in [0.25, 0.3) is 5.56 Å². The molecular formula is C23H23F2N3O. The van der Waals surface area contributed by atoms with Crippen LogP contribution in [0.15, 0.2) is 47.4 Å². The molecule has 0 fully saturated rings. The van der Waals surface area contributed by atoms with Crippen molar-refractivity contribution in [3.63, 3.8) is 0 Å². The number of halogens is 2. The van der Waals surface area contributed by atoms with Crippen molar-refractivity contribution in [1.82, 2.24) is 14.9 Å². The molecule has 1 aromatic carbocycles. The number of benzene rings is 1. The van der Waals surface area contributed by atoms with Gasteiger partial charge in [-0.05, 0) is 85.1 Å². The number of aryl methyl sites for hydroxylation is 2. The predicted octanol–water partition coefficient (Wildman–Crippen LogP) is 4.23. The van der Waals surface area contributed by atoms with Gasteiger partial charge in [0.05, 0.1) is 5.39 Å². The number of hydrogen-bond acceptors (Lipinski definition) is 3. The molecule has 6 heteroatoms. The second-order valence-electron chi connectivity index (χ2n) is 7.56. The third-order valence-corrected chi connectivity index (χ3v) is 5.50. The van der Waals surface area contributed by atoms with Crippen LogP contribution in [-0.4, -0.2) is 34.5 Å². The van der Waals surface area contributed by atoms with Crippen LogP contribution in [0.25, 0.3) is 16.3 Å². The fraction of sp³-hybridized carbons (Fsp3) is 0.304. The maximum absolute atomic E-state index is 13.6. The minimum Gasteiger partial charge on any atom is -0.326 e. The molecule has 2 aromatic heterocycles. The van der Waals surface area contributed by atoms with Gasteiger partial charge in [-0.25, -0.2) is 9.37 Å². The molecule has 0 unspecified atom stereocenters. The monoisotopic (exact) mass is 395 g/mol. The number of aromatic nitrogens is 2. The van der Waals surface area contributed by atoms with E-state index >= 15 is 0 Å². The van der Waals surface area contributed by atoms with Crippen molar-refractivity contribution in [3.05, 3.63) is 81.5 Å². The van der Waals surface area contributed by atoms with Crippen LogP contribution in [0.1, 0.15) is 29.7 Å². The summed E-state index contributed by atoms with van der Waals surface area (Å²) in [6.07, 6.45) is 6.35. The van der Waals surface area contributed by atoms with E-state index in [9.17, 15) is 13.6 Å². The van der Waals surface area contributed by atoms with Gasteiger partial charge in [0.2, 0.25) is 5.95 Å². The summed E-state index contributed by atoms with van der Waals surface area (Å²) in [6, 6.07) is 7.87. The highest BCUT2D eigenvalue weighted by Gasteiger charge is 2.13. The SMILES string of the molecule is Cc1cc(F)cc2c(=O)[nH]c(CCCN3CC=C(c4ccc(F)nc4)CC3)cc12. The Morgan fingerprint density at radius 3 is 2.76 bits per heavy atom. The van der Waals surface area contributed by atoms with Gasteiger partial charge in [0.15, 0.2) is 0 Å². The Morgan fingerprint density at radius 2 is 2.03 bits per heavy atom. The number of fused-ring (bicyclic) bond motifs is 1. The van der Waals surface area contributed by atoms with E-state index in [1.807, 2.05) is 13.0 Å². The molecular weight excluding hydrogens is 372 g/mol. The van der Waals surface area contributed by atoms with Crippen molar-refractivity contribution < 1.29 is 8.78 Å². The van der Waals surface area contributed by atoms with Gasteiger partial charge >= 0.3 is 0 Å². The number of aromatic amines is 1. The summed E-state index contributed by atoms with van der Waals surface area (Å²) in [6.45, 7) is 4.53. The second kappa shape index (κ2) is 8.25. The van der Waals surface area contributed by atoms with Gasteiger partial charge < -0.3 is 4.98 Å². The average molecular weight is 395 g/mol. The van der Waals surface area contributed by atoms with E-state index in [1.165, 1.54) is 23.8 Å². The lowest BCUT2D eigenvalue weighted by Gasteiger charge is -2.26. The molecule has 0 bridgehead atoms. The first-order valence-corrected chi connectivity index (χ1v) is 9.85. The van der Waals surface area contributed by atoms with Crippen molar-refractivity contribution >= 4 is 16.3 Å². The van der Waals surface area contributed by atoms with E-state index in [1.54, 1.807) is 12.3 Å². The van der Waals surface area contributed by atoms with Crippen LogP contribution in [0, 0.1) is 18.7 Å². The number of nitrogens with zero attached hydrogens (tertiary/aromatic N) is 2. The highest BCUT2D eigenvalue weighted by Crippen LogP contribution is 2.22. The Balaban J connectivity index is 1.36. The molecule has 0 saturated carbocycles. The average Bonchev–Trinajstić information content (AvgIpc) is 2.70. The molecule has 0 aliphatic carbocycles. The van der Waals surface area contributed by atoms with Gasteiger partial charge in [-0.3, -0.25) is 9.69 Å². The fourth-order valence-corrected chi connectivity index (χ4v) is 3.93. The smallest absolute Gasteiger partial charge is 0.256 e. The first-order chi connectivity index (χ1) is 14.0. The van der Waals surface area contributed by atoms with E-state index in [2.05, 4.69) is 20.9 Å². The van der Waals surface area contributed by atoms with E-state index in [-0.39, 0.29) is 11.4 Å². The van der Waals surface area contributed by atoms with Crippen molar-refractivity contribution in [2.75, 3.05) is 19.6 Å². The van der Waals surface area contributed by atoms with Gasteiger partial charge in [-0.2, -0.15) is 4.39 Å². The van der Waals surface area contributed by atoms with Crippen molar-refractivity contribution in [2.45, 2.75) is 26.2 Å². The van der Waals surface area contributed by atoms with Crippen molar-refractivity contribution in [1.29, 1.82) is 0 Å². The Kier molecular flexibility index (Phi) is 5.53. The first kappa shape index (κ1) is 19.5. The molecule has 0 atom stereocenters. The van der Waals surface area contributed by atoms with Crippen LogP contribution in [-0.2, 0) is 6.42 Å². The Bertz CT molecular complexity index is 1120. The number of hydrogen-bond donors (Lipinski definition) is 1. The molecule has 3 aromatic rings. The van der Waals surface area contributed by atoms with Gasteiger partial charge in [-0.1, -0.05) is 6.08 Å². The number of H-pyrrole nitrogens is 1. The summed E-state index contributed by atoms with van der Waals surface area (Å²) >= 11 is 0. The Labute approximate surface area is 167 Å². The molecule has 0 radical (unpaired) electrons. The van der Waals surface area contributed by atoms with Gasteiger partial charge in [0, 0.05) is 25.0 Å². The lowest BCUT2D eigenvalue weighted by Crippen LogP contribution is -2.29. The van der Waals surface area contributed by atoms with Crippen molar-refractivity contribution in [2.24, 2.45) is 0 Å². The molecule has 1 N–H and O–H groups in total. The van der Waals surface area contributed by atoms with Crippen molar-refractivity contribution in [3.8, 4) is 0 Å². The summed E-state index contributed by atoms with van der Waals surface area (Å²) < 4.78 is 26.5. The van der Waals surface area contributed by atoms with Crippen LogP contribution >= 0.6 is 0 Å². The maximum atomic E-state index is 13.6. The Hall–Kier alpha value is -2.86. The zero-order chi connectivity index (χ0) is 20.4. The number of pyridine rings is 2. The quantitative estimate of drug-likeness (QED) is 0.658. The Morgan fingerprint density at radius 1 is 1.17 bits per heavy atom. The molecule has 4 nitrogen and oxygen atoms in total. The number of nitrogens with one attached hydrogen (secondary N) is 1. The molecule has 1 aliphatic heterocycles. The third kappa shape index (κ3) is 4.43. The highest BCUT2D eigenvalue weighted by molar-refractivity contribution is 5.85.